The number of aliphatic hydroxyl groups is 2. The number of carbonyl (C=O) groups excluding carboxylic acids is 2. The molecule has 0 saturated carbocycles. The fourth-order valence-corrected chi connectivity index (χ4v) is 3.37. The van der Waals surface area contributed by atoms with Gasteiger partial charge in [-0.15, -0.1) is 0 Å². The molecule has 1 aliphatic heterocycles. The number of amides is 1. The third kappa shape index (κ3) is 3.74. The summed E-state index contributed by atoms with van der Waals surface area (Å²) < 4.78 is 5.17. The SMILES string of the molecule is COc1ccc(C2/C(=C(\O)c3ccc(Cl)cc3)C(=O)C(=O)N2CCCO)cc1. The summed E-state index contributed by atoms with van der Waals surface area (Å²) >= 11 is 5.90. The predicted octanol–water partition coefficient (Wildman–Crippen LogP) is 3.15. The van der Waals surface area contributed by atoms with Gasteiger partial charge in [-0.3, -0.25) is 9.59 Å². The summed E-state index contributed by atoms with van der Waals surface area (Å²) in [7, 11) is 1.54. The number of ketones is 1. The first-order valence-corrected chi connectivity index (χ1v) is 9.15. The zero-order valence-corrected chi connectivity index (χ0v) is 16.0. The first kappa shape index (κ1) is 19.9. The maximum absolute atomic E-state index is 12.7. The number of carbonyl (C=O) groups is 2. The second kappa shape index (κ2) is 8.46. The topological polar surface area (TPSA) is 87.1 Å². The number of ether oxygens (including phenoxy) is 1. The molecule has 146 valence electrons. The Morgan fingerprint density at radius 3 is 2.32 bits per heavy atom. The molecule has 6 nitrogen and oxygen atoms in total. The molecule has 28 heavy (non-hydrogen) atoms. The average Bonchev–Trinajstić information content (AvgIpc) is 2.97. The number of likely N-dealkylation sites (tertiary alicyclic amines) is 1. The molecule has 0 bridgehead atoms. The maximum atomic E-state index is 12.7. The van der Waals surface area contributed by atoms with Gasteiger partial charge < -0.3 is 19.8 Å². The van der Waals surface area contributed by atoms with Crippen LogP contribution in [0.15, 0.2) is 54.1 Å². The number of rotatable bonds is 6. The van der Waals surface area contributed by atoms with Crippen molar-refractivity contribution in [3.05, 3.63) is 70.3 Å². The minimum atomic E-state index is -0.758. The smallest absolute Gasteiger partial charge is 0.295 e. The highest BCUT2D eigenvalue weighted by Crippen LogP contribution is 2.39. The summed E-state index contributed by atoms with van der Waals surface area (Å²) in [5.41, 5.74) is 1.06. The standard InChI is InChI=1S/C21H20ClNO5/c1-28-16-9-5-13(6-10-16)18-17(19(25)14-3-7-15(22)8-4-14)20(26)21(27)23(18)11-2-12-24/h3-10,18,24-25H,2,11-12H2,1H3/b19-17+. The van der Waals surface area contributed by atoms with Gasteiger partial charge in [0, 0.05) is 23.7 Å². The van der Waals surface area contributed by atoms with Crippen LogP contribution in [0.25, 0.3) is 5.76 Å². The molecule has 0 aliphatic carbocycles. The Morgan fingerprint density at radius 2 is 1.75 bits per heavy atom. The van der Waals surface area contributed by atoms with Crippen molar-refractivity contribution in [2.75, 3.05) is 20.3 Å². The molecule has 1 saturated heterocycles. The molecule has 0 spiro atoms. The van der Waals surface area contributed by atoms with Crippen molar-refractivity contribution in [3.8, 4) is 5.75 Å². The molecule has 1 aliphatic rings. The highest BCUT2D eigenvalue weighted by molar-refractivity contribution is 6.46. The van der Waals surface area contributed by atoms with Crippen LogP contribution in [0.3, 0.4) is 0 Å². The minimum Gasteiger partial charge on any atom is -0.507 e. The van der Waals surface area contributed by atoms with Gasteiger partial charge >= 0.3 is 0 Å². The first-order chi connectivity index (χ1) is 13.5. The Hall–Kier alpha value is -2.83. The largest absolute Gasteiger partial charge is 0.507 e. The van der Waals surface area contributed by atoms with Crippen LogP contribution in [0, 0.1) is 0 Å². The van der Waals surface area contributed by atoms with Crippen molar-refractivity contribution in [3.63, 3.8) is 0 Å². The average molecular weight is 402 g/mol. The highest BCUT2D eigenvalue weighted by atomic mass is 35.5. The summed E-state index contributed by atoms with van der Waals surface area (Å²) in [4.78, 5) is 26.7. The van der Waals surface area contributed by atoms with E-state index < -0.39 is 17.7 Å². The summed E-state index contributed by atoms with van der Waals surface area (Å²) in [6.45, 7) is 0.0741. The second-order valence-electron chi connectivity index (χ2n) is 6.35. The van der Waals surface area contributed by atoms with Crippen LogP contribution in [0.4, 0.5) is 0 Å². The van der Waals surface area contributed by atoms with E-state index in [0.29, 0.717) is 28.3 Å². The van der Waals surface area contributed by atoms with Crippen LogP contribution >= 0.6 is 11.6 Å². The number of Topliss-reactive ketones (excluding diaryl/α,β-unsaturated/α-hetero) is 1. The third-order valence-corrected chi connectivity index (χ3v) is 4.90. The van der Waals surface area contributed by atoms with Crippen molar-refractivity contribution in [2.45, 2.75) is 12.5 Å². The lowest BCUT2D eigenvalue weighted by atomic mass is 9.95. The van der Waals surface area contributed by atoms with E-state index >= 15 is 0 Å². The summed E-state index contributed by atoms with van der Waals surface area (Å²) in [6.07, 6.45) is 0.320. The van der Waals surface area contributed by atoms with E-state index in [4.69, 9.17) is 21.4 Å². The summed E-state index contributed by atoms with van der Waals surface area (Å²) in [6, 6.07) is 12.6. The molecule has 1 unspecified atom stereocenters. The molecule has 3 rings (SSSR count). The minimum absolute atomic E-state index is 0.00966. The van der Waals surface area contributed by atoms with Crippen LogP contribution in [0.2, 0.25) is 5.02 Å². The Morgan fingerprint density at radius 1 is 1.11 bits per heavy atom. The number of hydrogen-bond donors (Lipinski definition) is 2. The van der Waals surface area contributed by atoms with Gasteiger partial charge in [-0.2, -0.15) is 0 Å². The van der Waals surface area contributed by atoms with E-state index in [1.54, 1.807) is 55.6 Å². The van der Waals surface area contributed by atoms with Gasteiger partial charge in [-0.1, -0.05) is 23.7 Å². The molecule has 0 aromatic heterocycles. The van der Waals surface area contributed by atoms with Gasteiger partial charge in [-0.25, -0.2) is 0 Å². The molecule has 1 atom stereocenters. The first-order valence-electron chi connectivity index (χ1n) is 8.77. The normalized spacial score (nSPS) is 18.5. The Balaban J connectivity index is 2.13. The molecule has 1 amide bonds. The lowest BCUT2D eigenvalue weighted by Crippen LogP contribution is -2.31. The Labute approximate surface area is 167 Å². The van der Waals surface area contributed by atoms with Gasteiger partial charge in [0.1, 0.15) is 11.5 Å². The quantitative estimate of drug-likeness (QED) is 0.441. The van der Waals surface area contributed by atoms with Crippen LogP contribution in [-0.4, -0.2) is 47.1 Å². The van der Waals surface area contributed by atoms with Crippen molar-refractivity contribution >= 4 is 29.1 Å². The molecular formula is C21H20ClNO5. The van der Waals surface area contributed by atoms with Crippen LogP contribution < -0.4 is 4.74 Å². The van der Waals surface area contributed by atoms with E-state index in [9.17, 15) is 14.7 Å². The van der Waals surface area contributed by atoms with Gasteiger partial charge in [0.15, 0.2) is 0 Å². The van der Waals surface area contributed by atoms with Crippen LogP contribution in [0.1, 0.15) is 23.6 Å². The van der Waals surface area contributed by atoms with E-state index in [2.05, 4.69) is 0 Å². The third-order valence-electron chi connectivity index (χ3n) is 4.65. The lowest BCUT2D eigenvalue weighted by Gasteiger charge is -2.25. The molecule has 1 heterocycles. The van der Waals surface area contributed by atoms with Crippen molar-refractivity contribution in [1.29, 1.82) is 0 Å². The fraction of sp³-hybridized carbons (Fsp3) is 0.238. The van der Waals surface area contributed by atoms with Crippen molar-refractivity contribution < 1.29 is 24.5 Å². The number of nitrogens with zero attached hydrogens (tertiary/aromatic N) is 1. The predicted molar refractivity (Wildman–Crippen MR) is 105 cm³/mol. The molecule has 1 fully saturated rings. The van der Waals surface area contributed by atoms with Crippen LogP contribution in [0.5, 0.6) is 5.75 Å². The number of methoxy groups -OCH3 is 1. The number of benzene rings is 2. The molecular weight excluding hydrogens is 382 g/mol. The van der Waals surface area contributed by atoms with E-state index in [-0.39, 0.29) is 24.5 Å². The lowest BCUT2D eigenvalue weighted by molar-refractivity contribution is -0.140. The van der Waals surface area contributed by atoms with Gasteiger partial charge in [0.2, 0.25) is 0 Å². The Kier molecular flexibility index (Phi) is 6.02. The van der Waals surface area contributed by atoms with Crippen molar-refractivity contribution in [2.24, 2.45) is 0 Å². The monoisotopic (exact) mass is 401 g/mol. The summed E-state index contributed by atoms with van der Waals surface area (Å²) in [5, 5.41) is 20.5. The maximum Gasteiger partial charge on any atom is 0.295 e. The number of hydrogen-bond acceptors (Lipinski definition) is 5. The zero-order valence-electron chi connectivity index (χ0n) is 15.3. The second-order valence-corrected chi connectivity index (χ2v) is 6.79. The fourth-order valence-electron chi connectivity index (χ4n) is 3.25. The molecule has 2 aromatic rings. The van der Waals surface area contributed by atoms with Gasteiger partial charge in [0.25, 0.3) is 11.7 Å². The number of aliphatic hydroxyl groups excluding tert-OH is 2. The molecule has 2 aromatic carbocycles. The van der Waals surface area contributed by atoms with Gasteiger partial charge in [-0.05, 0) is 48.4 Å². The zero-order chi connectivity index (χ0) is 20.3. The highest BCUT2D eigenvalue weighted by Gasteiger charge is 2.45. The van der Waals surface area contributed by atoms with E-state index in [1.807, 2.05) is 0 Å². The van der Waals surface area contributed by atoms with Crippen LogP contribution in [-0.2, 0) is 9.59 Å². The molecule has 2 N–H and O–H groups in total. The number of halogens is 1. The van der Waals surface area contributed by atoms with Gasteiger partial charge in [0.05, 0.1) is 18.7 Å². The van der Waals surface area contributed by atoms with E-state index in [1.165, 1.54) is 4.90 Å². The van der Waals surface area contributed by atoms with E-state index in [0.717, 1.165) is 0 Å². The summed E-state index contributed by atoms with van der Waals surface area (Å²) in [5.74, 6) is -1.09. The molecule has 0 radical (unpaired) electrons. The van der Waals surface area contributed by atoms with Crippen molar-refractivity contribution in [1.82, 2.24) is 4.90 Å². The Bertz CT molecular complexity index is 905. The molecule has 7 heteroatoms.